The minimum absolute atomic E-state index is 0.0907. The summed E-state index contributed by atoms with van der Waals surface area (Å²) in [7, 11) is 0. The topological polar surface area (TPSA) is 78.3 Å². The Morgan fingerprint density at radius 2 is 1.79 bits per heavy atom. The highest BCUT2D eigenvalue weighted by molar-refractivity contribution is 7.99. The summed E-state index contributed by atoms with van der Waals surface area (Å²) in [6, 6.07) is 9.94. The van der Waals surface area contributed by atoms with Crippen LogP contribution < -0.4 is 14.8 Å². The van der Waals surface area contributed by atoms with Gasteiger partial charge in [-0.15, -0.1) is 16.8 Å². The molecule has 3 rings (SSSR count). The van der Waals surface area contributed by atoms with E-state index in [1.165, 1.54) is 17.3 Å². The van der Waals surface area contributed by atoms with E-state index in [4.69, 9.17) is 9.47 Å². The summed E-state index contributed by atoms with van der Waals surface area (Å²) < 4.78 is 13.6. The number of aryl methyl sites for hydroxylation is 4. The molecule has 0 saturated heterocycles. The number of ether oxygens (including phenoxy) is 2. The second kappa shape index (κ2) is 11.7. The van der Waals surface area contributed by atoms with Gasteiger partial charge in [0.05, 0.1) is 12.4 Å². The molecule has 0 aliphatic heterocycles. The lowest BCUT2D eigenvalue weighted by Crippen LogP contribution is -2.16. The number of benzene rings is 2. The first-order valence-corrected chi connectivity index (χ1v) is 12.2. The van der Waals surface area contributed by atoms with Gasteiger partial charge in [0.1, 0.15) is 6.61 Å². The normalized spacial score (nSPS) is 10.7. The summed E-state index contributed by atoms with van der Waals surface area (Å²) in [4.78, 5) is 12.6. The van der Waals surface area contributed by atoms with Crippen LogP contribution in [-0.2, 0) is 17.9 Å². The van der Waals surface area contributed by atoms with Crippen molar-refractivity contribution in [2.45, 2.75) is 52.9 Å². The van der Waals surface area contributed by atoms with Crippen molar-refractivity contribution in [1.29, 1.82) is 0 Å². The molecule has 0 aliphatic carbocycles. The van der Waals surface area contributed by atoms with Crippen LogP contribution in [0.15, 0.2) is 48.1 Å². The molecule has 1 heterocycles. The number of allylic oxidation sites excluding steroid dienone is 1. The van der Waals surface area contributed by atoms with Gasteiger partial charge < -0.3 is 14.8 Å². The van der Waals surface area contributed by atoms with Crippen LogP contribution in [0.5, 0.6) is 11.5 Å². The Balaban J connectivity index is 1.67. The molecule has 3 aromatic rings. The van der Waals surface area contributed by atoms with E-state index in [9.17, 15) is 4.79 Å². The minimum Gasteiger partial charge on any atom is -0.490 e. The van der Waals surface area contributed by atoms with Crippen molar-refractivity contribution >= 4 is 23.4 Å². The zero-order valence-corrected chi connectivity index (χ0v) is 21.3. The van der Waals surface area contributed by atoms with E-state index in [2.05, 4.69) is 34.2 Å². The molecule has 2 aromatic carbocycles. The van der Waals surface area contributed by atoms with Gasteiger partial charge in [-0.2, -0.15) is 0 Å². The van der Waals surface area contributed by atoms with Crippen molar-refractivity contribution in [2.75, 3.05) is 17.7 Å². The molecule has 34 heavy (non-hydrogen) atoms. The Morgan fingerprint density at radius 3 is 2.47 bits per heavy atom. The molecular formula is C26H32N4O3S. The van der Waals surface area contributed by atoms with Gasteiger partial charge in [-0.3, -0.25) is 9.36 Å². The highest BCUT2D eigenvalue weighted by Gasteiger charge is 2.16. The monoisotopic (exact) mass is 480 g/mol. The highest BCUT2D eigenvalue weighted by Crippen LogP contribution is 2.29. The molecule has 1 N–H and O–H groups in total. The smallest absolute Gasteiger partial charge is 0.234 e. The summed E-state index contributed by atoms with van der Waals surface area (Å²) in [5.41, 5.74) is 5.23. The van der Waals surface area contributed by atoms with Crippen molar-refractivity contribution in [3.63, 3.8) is 0 Å². The number of aromatic nitrogens is 3. The molecule has 1 amide bonds. The Hall–Kier alpha value is -3.26. The number of carbonyl (C=O) groups is 1. The van der Waals surface area contributed by atoms with Crippen molar-refractivity contribution in [3.8, 4) is 11.5 Å². The number of nitrogens with zero attached hydrogens (tertiary/aromatic N) is 3. The molecule has 7 nitrogen and oxygen atoms in total. The number of hydrogen-bond acceptors (Lipinski definition) is 6. The van der Waals surface area contributed by atoms with Gasteiger partial charge in [0, 0.05) is 12.2 Å². The second-order valence-electron chi connectivity index (χ2n) is 8.08. The highest BCUT2D eigenvalue weighted by atomic mass is 32.2. The zero-order chi connectivity index (χ0) is 24.7. The van der Waals surface area contributed by atoms with Crippen molar-refractivity contribution < 1.29 is 14.3 Å². The first-order valence-electron chi connectivity index (χ1n) is 11.2. The molecule has 0 aliphatic rings. The number of thioether (sulfide) groups is 1. The number of nitrogens with one attached hydrogen (secondary N) is 1. The third-order valence-electron chi connectivity index (χ3n) is 5.13. The van der Waals surface area contributed by atoms with Crippen LogP contribution in [0.4, 0.5) is 5.69 Å². The first kappa shape index (κ1) is 25.4. The van der Waals surface area contributed by atoms with E-state index in [1.807, 2.05) is 57.4 Å². The third kappa shape index (κ3) is 6.41. The standard InChI is InChI=1S/C26H32N4O3S/c1-7-11-30-23(15-33-21-10-9-17(3)14-22(21)32-8-2)28-29-26(30)34-16-24(31)27-25-19(5)12-18(4)13-20(25)6/h7,9-10,12-14H,1,8,11,15-16H2,2-6H3,(H,27,31). The van der Waals surface area contributed by atoms with Gasteiger partial charge in [0.2, 0.25) is 5.91 Å². The van der Waals surface area contributed by atoms with Crippen LogP contribution in [0.3, 0.4) is 0 Å². The molecule has 8 heteroatoms. The van der Waals surface area contributed by atoms with Gasteiger partial charge in [-0.25, -0.2) is 0 Å². The lowest BCUT2D eigenvalue weighted by molar-refractivity contribution is -0.113. The summed E-state index contributed by atoms with van der Waals surface area (Å²) in [5.74, 6) is 2.13. The van der Waals surface area contributed by atoms with Gasteiger partial charge in [0.25, 0.3) is 0 Å². The quantitative estimate of drug-likeness (QED) is 0.292. The van der Waals surface area contributed by atoms with Crippen LogP contribution >= 0.6 is 11.8 Å². The fourth-order valence-electron chi connectivity index (χ4n) is 3.67. The Labute approximate surface area is 205 Å². The van der Waals surface area contributed by atoms with Crippen LogP contribution in [0, 0.1) is 27.7 Å². The Kier molecular flexibility index (Phi) is 8.76. The van der Waals surface area contributed by atoms with Crippen molar-refractivity contribution in [2.24, 2.45) is 0 Å². The average molecular weight is 481 g/mol. The molecular weight excluding hydrogens is 448 g/mol. The summed E-state index contributed by atoms with van der Waals surface area (Å²) in [6.07, 6.45) is 1.77. The largest absolute Gasteiger partial charge is 0.490 e. The van der Waals surface area contributed by atoms with Crippen molar-refractivity contribution in [1.82, 2.24) is 14.8 Å². The number of rotatable bonds is 11. The third-order valence-corrected chi connectivity index (χ3v) is 6.10. The van der Waals surface area contributed by atoms with E-state index in [0.717, 1.165) is 22.4 Å². The molecule has 1 aromatic heterocycles. The van der Waals surface area contributed by atoms with Crippen molar-refractivity contribution in [3.05, 3.63) is 71.1 Å². The second-order valence-corrected chi connectivity index (χ2v) is 9.02. The fraction of sp³-hybridized carbons (Fsp3) is 0.346. The van der Waals surface area contributed by atoms with Gasteiger partial charge in [0.15, 0.2) is 22.5 Å². The van der Waals surface area contributed by atoms with Crippen LogP contribution in [0.25, 0.3) is 0 Å². The molecule has 0 atom stereocenters. The van der Waals surface area contributed by atoms with E-state index < -0.39 is 0 Å². The number of anilines is 1. The summed E-state index contributed by atoms with van der Waals surface area (Å²) >= 11 is 1.33. The molecule has 0 bridgehead atoms. The van der Waals surface area contributed by atoms with Gasteiger partial charge in [-0.1, -0.05) is 41.6 Å². The van der Waals surface area contributed by atoms with E-state index >= 15 is 0 Å². The predicted molar refractivity (Wildman–Crippen MR) is 137 cm³/mol. The molecule has 0 radical (unpaired) electrons. The maximum absolute atomic E-state index is 12.6. The lowest BCUT2D eigenvalue weighted by Gasteiger charge is -2.14. The molecule has 0 saturated carbocycles. The average Bonchev–Trinajstić information content (AvgIpc) is 3.16. The van der Waals surface area contributed by atoms with E-state index in [1.54, 1.807) is 6.08 Å². The lowest BCUT2D eigenvalue weighted by atomic mass is 10.1. The first-order chi connectivity index (χ1) is 16.3. The molecule has 180 valence electrons. The number of hydrogen-bond donors (Lipinski definition) is 1. The van der Waals surface area contributed by atoms with Gasteiger partial charge >= 0.3 is 0 Å². The Morgan fingerprint density at radius 1 is 1.06 bits per heavy atom. The minimum atomic E-state index is -0.0907. The van der Waals surface area contributed by atoms with Crippen LogP contribution in [-0.4, -0.2) is 33.0 Å². The zero-order valence-electron chi connectivity index (χ0n) is 20.5. The Bertz CT molecular complexity index is 1150. The number of amides is 1. The fourth-order valence-corrected chi connectivity index (χ4v) is 4.44. The van der Waals surface area contributed by atoms with E-state index in [0.29, 0.717) is 35.6 Å². The molecule has 0 unspecified atom stereocenters. The maximum atomic E-state index is 12.6. The van der Waals surface area contributed by atoms with E-state index in [-0.39, 0.29) is 18.3 Å². The SMILES string of the molecule is C=CCn1c(COc2ccc(C)cc2OCC)nnc1SCC(=O)Nc1c(C)cc(C)cc1C. The summed E-state index contributed by atoms with van der Waals surface area (Å²) in [6.45, 7) is 15.1. The molecule has 0 spiro atoms. The number of carbonyl (C=O) groups excluding carboxylic acids is 1. The molecule has 0 fully saturated rings. The maximum Gasteiger partial charge on any atom is 0.234 e. The van der Waals surface area contributed by atoms with Crippen LogP contribution in [0.1, 0.15) is 35.0 Å². The summed E-state index contributed by atoms with van der Waals surface area (Å²) in [5, 5.41) is 12.2. The predicted octanol–water partition coefficient (Wildman–Crippen LogP) is 5.41. The van der Waals surface area contributed by atoms with Gasteiger partial charge in [-0.05, 0) is 63.4 Å². The van der Waals surface area contributed by atoms with Crippen LogP contribution in [0.2, 0.25) is 0 Å².